The number of likely N-dealkylation sites (tertiary alicyclic amines) is 1. The van der Waals surface area contributed by atoms with Gasteiger partial charge >= 0.3 is 6.03 Å². The van der Waals surface area contributed by atoms with E-state index in [1.54, 1.807) is 18.3 Å². The van der Waals surface area contributed by atoms with Crippen LogP contribution in [-0.4, -0.2) is 53.5 Å². The highest BCUT2D eigenvalue weighted by molar-refractivity contribution is 5.92. The van der Waals surface area contributed by atoms with Crippen molar-refractivity contribution >= 4 is 23.4 Å². The Kier molecular flexibility index (Phi) is 7.69. The molecule has 1 aromatic heterocycles. The Morgan fingerprint density at radius 1 is 1.32 bits per heavy atom. The van der Waals surface area contributed by atoms with Gasteiger partial charge in [-0.2, -0.15) is 5.26 Å². The summed E-state index contributed by atoms with van der Waals surface area (Å²) >= 11 is 0. The molecule has 0 bridgehead atoms. The van der Waals surface area contributed by atoms with Gasteiger partial charge in [-0.15, -0.1) is 0 Å². The number of urea groups is 1. The Morgan fingerprint density at radius 2 is 2.03 bits per heavy atom. The average molecular weight is 428 g/mol. The van der Waals surface area contributed by atoms with Gasteiger partial charge in [-0.05, 0) is 44.4 Å². The fraction of sp³-hybridized carbons (Fsp3) is 0.636. The average Bonchev–Trinajstić information content (AvgIpc) is 2.76. The molecule has 3 amide bonds. The molecule has 1 unspecified atom stereocenters. The van der Waals surface area contributed by atoms with Gasteiger partial charge in [-0.1, -0.05) is 32.1 Å². The zero-order valence-corrected chi connectivity index (χ0v) is 18.2. The van der Waals surface area contributed by atoms with E-state index in [9.17, 15) is 14.9 Å². The van der Waals surface area contributed by atoms with E-state index in [0.717, 1.165) is 25.9 Å². The van der Waals surface area contributed by atoms with Crippen LogP contribution < -0.4 is 21.7 Å². The number of nitrogens with zero attached hydrogens (tertiary/aromatic N) is 3. The number of carbonyl (C=O) groups excluding carboxylic acids is 2. The highest BCUT2D eigenvalue weighted by Crippen LogP contribution is 2.30. The molecule has 1 aliphatic carbocycles. The Labute approximate surface area is 183 Å². The minimum Gasteiger partial charge on any atom is -0.357 e. The van der Waals surface area contributed by atoms with Crippen molar-refractivity contribution in [1.29, 1.82) is 5.26 Å². The number of piperidine rings is 1. The van der Waals surface area contributed by atoms with Crippen LogP contribution in [0.4, 0.5) is 16.3 Å². The molecule has 1 atom stereocenters. The van der Waals surface area contributed by atoms with Crippen LogP contribution in [0.15, 0.2) is 18.3 Å². The number of nitrogens with two attached hydrogens (primary N) is 1. The molecule has 1 saturated heterocycles. The highest BCUT2D eigenvalue weighted by atomic mass is 16.2. The van der Waals surface area contributed by atoms with E-state index in [0.29, 0.717) is 36.7 Å². The van der Waals surface area contributed by atoms with Crippen LogP contribution in [0.3, 0.4) is 0 Å². The van der Waals surface area contributed by atoms with E-state index in [-0.39, 0.29) is 5.91 Å². The van der Waals surface area contributed by atoms with Crippen LogP contribution in [0.25, 0.3) is 0 Å². The fourth-order valence-corrected chi connectivity index (χ4v) is 4.49. The summed E-state index contributed by atoms with van der Waals surface area (Å²) in [7, 11) is 2.02. The van der Waals surface area contributed by atoms with Gasteiger partial charge in [0.2, 0.25) is 5.91 Å². The molecule has 2 fully saturated rings. The third kappa shape index (κ3) is 6.31. The summed E-state index contributed by atoms with van der Waals surface area (Å²) < 4.78 is 0. The molecule has 1 aliphatic heterocycles. The molecule has 2 aliphatic rings. The van der Waals surface area contributed by atoms with E-state index in [1.807, 2.05) is 7.05 Å². The summed E-state index contributed by atoms with van der Waals surface area (Å²) in [6.07, 6.45) is 9.20. The first-order valence-electron chi connectivity index (χ1n) is 11.1. The van der Waals surface area contributed by atoms with Crippen molar-refractivity contribution in [2.45, 2.75) is 62.9 Å². The smallest absolute Gasteiger partial charge is 0.316 e. The summed E-state index contributed by atoms with van der Waals surface area (Å²) in [4.78, 5) is 31.2. The molecule has 2 heterocycles. The zero-order valence-electron chi connectivity index (χ0n) is 18.2. The van der Waals surface area contributed by atoms with Gasteiger partial charge in [-0.3, -0.25) is 4.79 Å². The van der Waals surface area contributed by atoms with E-state index in [1.165, 1.54) is 19.3 Å². The zero-order chi connectivity index (χ0) is 22.3. The largest absolute Gasteiger partial charge is 0.357 e. The maximum Gasteiger partial charge on any atom is 0.316 e. The molecule has 0 radical (unpaired) electrons. The van der Waals surface area contributed by atoms with E-state index in [2.05, 4.69) is 31.9 Å². The number of hydrogen-bond donors (Lipinski definition) is 4. The first-order chi connectivity index (χ1) is 14.9. The number of anilines is 2. The lowest BCUT2D eigenvalue weighted by atomic mass is 9.84. The number of hydrogen-bond acceptors (Lipinski definition) is 6. The monoisotopic (exact) mass is 427 g/mol. The lowest BCUT2D eigenvalue weighted by Crippen LogP contribution is -2.57. The second kappa shape index (κ2) is 10.4. The Balaban J connectivity index is 1.78. The van der Waals surface area contributed by atoms with Gasteiger partial charge in [0.25, 0.3) is 0 Å². The van der Waals surface area contributed by atoms with Crippen LogP contribution >= 0.6 is 0 Å². The van der Waals surface area contributed by atoms with E-state index < -0.39 is 17.6 Å². The normalized spacial score (nSPS) is 20.3. The Hall–Kier alpha value is -2.86. The van der Waals surface area contributed by atoms with Crippen molar-refractivity contribution < 1.29 is 9.59 Å². The standard InChI is InChI=1S/C22H33N7O2/c1-29-12-9-22(15-23,10-13-29)28-20(30)18(14-16-6-3-2-4-7-16)26-19-17(27-21(24)31)8-5-11-25-19/h5,8,11,16,18H,2-4,6-7,9-10,12-14H2,1H3,(H,25,26)(H,28,30)(H3,24,27,31). The van der Waals surface area contributed by atoms with Crippen LogP contribution in [0.1, 0.15) is 51.4 Å². The number of nitrogens with one attached hydrogen (secondary N) is 3. The predicted octanol–water partition coefficient (Wildman–Crippen LogP) is 2.43. The van der Waals surface area contributed by atoms with Gasteiger partial charge in [0, 0.05) is 19.3 Å². The van der Waals surface area contributed by atoms with Crippen molar-refractivity contribution in [2.24, 2.45) is 11.7 Å². The molecule has 9 heteroatoms. The second-order valence-corrected chi connectivity index (χ2v) is 8.81. The minimum atomic E-state index is -0.853. The van der Waals surface area contributed by atoms with Crippen LogP contribution in [0.2, 0.25) is 0 Å². The third-order valence-corrected chi connectivity index (χ3v) is 6.40. The lowest BCUT2D eigenvalue weighted by Gasteiger charge is -2.37. The molecule has 5 N–H and O–H groups in total. The maximum absolute atomic E-state index is 13.4. The molecule has 1 aromatic rings. The van der Waals surface area contributed by atoms with E-state index >= 15 is 0 Å². The van der Waals surface area contributed by atoms with Gasteiger partial charge in [0.1, 0.15) is 17.4 Å². The van der Waals surface area contributed by atoms with Gasteiger partial charge < -0.3 is 26.6 Å². The number of aromatic nitrogens is 1. The third-order valence-electron chi connectivity index (χ3n) is 6.40. The number of rotatable bonds is 7. The van der Waals surface area contributed by atoms with Crippen LogP contribution in [0, 0.1) is 17.2 Å². The first-order valence-corrected chi connectivity index (χ1v) is 11.1. The summed E-state index contributed by atoms with van der Waals surface area (Å²) in [5.74, 6) is 0.628. The molecule has 31 heavy (non-hydrogen) atoms. The second-order valence-electron chi connectivity index (χ2n) is 8.81. The highest BCUT2D eigenvalue weighted by Gasteiger charge is 2.37. The predicted molar refractivity (Wildman–Crippen MR) is 119 cm³/mol. The molecular weight excluding hydrogens is 394 g/mol. The fourth-order valence-electron chi connectivity index (χ4n) is 4.49. The topological polar surface area (TPSA) is 136 Å². The van der Waals surface area contributed by atoms with Crippen molar-refractivity contribution in [2.75, 3.05) is 30.8 Å². The molecule has 0 aromatic carbocycles. The van der Waals surface area contributed by atoms with Crippen LogP contribution in [0.5, 0.6) is 0 Å². The minimum absolute atomic E-state index is 0.202. The van der Waals surface area contributed by atoms with Crippen molar-refractivity contribution in [3.05, 3.63) is 18.3 Å². The number of amides is 3. The molecule has 3 rings (SSSR count). The Morgan fingerprint density at radius 3 is 2.68 bits per heavy atom. The number of pyridine rings is 1. The summed E-state index contributed by atoms with van der Waals surface area (Å²) in [6.45, 7) is 1.53. The summed E-state index contributed by atoms with van der Waals surface area (Å²) in [6, 6.07) is 4.47. The molecule has 9 nitrogen and oxygen atoms in total. The van der Waals surface area contributed by atoms with Gasteiger partial charge in [-0.25, -0.2) is 9.78 Å². The summed E-state index contributed by atoms with van der Waals surface area (Å²) in [5.41, 5.74) is 4.85. The van der Waals surface area contributed by atoms with Gasteiger partial charge in [0.05, 0.1) is 11.8 Å². The SMILES string of the molecule is CN1CCC(C#N)(NC(=O)C(CC2CCCCC2)Nc2ncccc2NC(N)=O)CC1. The Bertz CT molecular complexity index is 808. The molecule has 0 spiro atoms. The summed E-state index contributed by atoms with van der Waals surface area (Å²) in [5, 5.41) is 18.7. The number of carbonyl (C=O) groups is 2. The molecular formula is C22H33N7O2. The van der Waals surface area contributed by atoms with Crippen molar-refractivity contribution in [1.82, 2.24) is 15.2 Å². The van der Waals surface area contributed by atoms with Gasteiger partial charge in [0.15, 0.2) is 0 Å². The lowest BCUT2D eigenvalue weighted by molar-refractivity contribution is -0.124. The first kappa shape index (κ1) is 22.8. The number of primary amides is 1. The van der Waals surface area contributed by atoms with Crippen molar-refractivity contribution in [3.8, 4) is 6.07 Å². The van der Waals surface area contributed by atoms with Crippen molar-refractivity contribution in [3.63, 3.8) is 0 Å². The quantitative estimate of drug-likeness (QED) is 0.528. The maximum atomic E-state index is 13.4. The number of nitriles is 1. The molecule has 168 valence electrons. The van der Waals surface area contributed by atoms with E-state index in [4.69, 9.17) is 5.73 Å². The van der Waals surface area contributed by atoms with Crippen LogP contribution in [-0.2, 0) is 4.79 Å². The molecule has 1 saturated carbocycles.